The Balaban J connectivity index is 2.05. The van der Waals surface area contributed by atoms with Crippen LogP contribution in [0.15, 0.2) is 24.4 Å². The third-order valence-corrected chi connectivity index (χ3v) is 3.62. The van der Waals surface area contributed by atoms with Gasteiger partial charge in [0.2, 0.25) is 0 Å². The lowest BCUT2D eigenvalue weighted by Gasteiger charge is -2.25. The van der Waals surface area contributed by atoms with Crippen LogP contribution in [0.25, 0.3) is 5.65 Å². The molecule has 0 bridgehead atoms. The fraction of sp³-hybridized carbons (Fsp3) is 0.500. The molecule has 0 saturated heterocycles. The van der Waals surface area contributed by atoms with Crippen molar-refractivity contribution in [1.29, 1.82) is 0 Å². The summed E-state index contributed by atoms with van der Waals surface area (Å²) in [5.74, 6) is -0.160. The van der Waals surface area contributed by atoms with Crippen LogP contribution in [-0.2, 0) is 0 Å². The predicted octanol–water partition coefficient (Wildman–Crippen LogP) is 2.17. The smallest absolute Gasteiger partial charge is 0.270 e. The molecule has 0 aliphatic heterocycles. The molecule has 1 unspecified atom stereocenters. The number of amides is 1. The summed E-state index contributed by atoms with van der Waals surface area (Å²) >= 11 is 0. The summed E-state index contributed by atoms with van der Waals surface area (Å²) in [6, 6.07) is 5.63. The lowest BCUT2D eigenvalue weighted by Crippen LogP contribution is -2.33. The number of hydrogen-bond donors (Lipinski definition) is 2. The van der Waals surface area contributed by atoms with Gasteiger partial charge in [-0.2, -0.15) is 0 Å². The molecular formula is C16H23N3O2. The predicted molar refractivity (Wildman–Crippen MR) is 82.3 cm³/mol. The third kappa shape index (κ3) is 3.42. The fourth-order valence-electron chi connectivity index (χ4n) is 2.23. The molecule has 2 heterocycles. The molecule has 0 radical (unpaired) electrons. The summed E-state index contributed by atoms with van der Waals surface area (Å²) < 4.78 is 1.78. The van der Waals surface area contributed by atoms with Gasteiger partial charge in [0.25, 0.3) is 5.91 Å². The molecule has 0 spiro atoms. The quantitative estimate of drug-likeness (QED) is 0.906. The van der Waals surface area contributed by atoms with E-state index in [1.807, 2.05) is 52.1 Å². The van der Waals surface area contributed by atoms with E-state index < -0.39 is 6.10 Å². The number of hydrogen-bond acceptors (Lipinski definition) is 3. The molecule has 0 saturated carbocycles. The van der Waals surface area contributed by atoms with Gasteiger partial charge in [0, 0.05) is 12.7 Å². The number of rotatable bonds is 4. The first-order chi connectivity index (χ1) is 9.80. The monoisotopic (exact) mass is 289 g/mol. The zero-order valence-electron chi connectivity index (χ0n) is 13.1. The van der Waals surface area contributed by atoms with Crippen molar-refractivity contribution in [1.82, 2.24) is 14.7 Å². The first-order valence-corrected chi connectivity index (χ1v) is 7.20. The molecular weight excluding hydrogens is 266 g/mol. The van der Waals surface area contributed by atoms with Crippen LogP contribution in [0, 0.1) is 12.3 Å². The normalized spacial score (nSPS) is 13.4. The highest BCUT2D eigenvalue weighted by Crippen LogP contribution is 2.21. The molecule has 5 heteroatoms. The molecule has 5 nitrogen and oxygen atoms in total. The van der Waals surface area contributed by atoms with E-state index in [9.17, 15) is 9.90 Å². The van der Waals surface area contributed by atoms with Crippen LogP contribution in [0.4, 0.5) is 0 Å². The fourth-order valence-corrected chi connectivity index (χ4v) is 2.23. The van der Waals surface area contributed by atoms with Crippen LogP contribution >= 0.6 is 0 Å². The molecule has 21 heavy (non-hydrogen) atoms. The highest BCUT2D eigenvalue weighted by Gasteiger charge is 2.22. The molecule has 1 amide bonds. The second kappa shape index (κ2) is 5.85. The number of fused-ring (bicyclic) bond motifs is 1. The second-order valence-electron chi connectivity index (χ2n) is 6.40. The maximum absolute atomic E-state index is 12.3. The van der Waals surface area contributed by atoms with Crippen LogP contribution < -0.4 is 5.32 Å². The SMILES string of the molecule is Cc1nc2ccccn2c1C(=O)NCCC(O)C(C)(C)C. The number of aliphatic hydroxyl groups excluding tert-OH is 1. The standard InChI is InChI=1S/C16H23N3O2/c1-11-14(19-10-6-5-7-13(19)18-11)15(21)17-9-8-12(20)16(2,3)4/h5-7,10,12,20H,8-9H2,1-4H3,(H,17,21). The minimum absolute atomic E-state index is 0.160. The van der Waals surface area contributed by atoms with Gasteiger partial charge in [-0.1, -0.05) is 26.8 Å². The van der Waals surface area contributed by atoms with Crippen molar-refractivity contribution < 1.29 is 9.90 Å². The molecule has 0 aliphatic rings. The number of carbonyl (C=O) groups is 1. The van der Waals surface area contributed by atoms with Gasteiger partial charge in [-0.05, 0) is 30.9 Å². The van der Waals surface area contributed by atoms with E-state index in [1.54, 1.807) is 4.40 Å². The van der Waals surface area contributed by atoms with Crippen molar-refractivity contribution in [2.45, 2.75) is 40.2 Å². The van der Waals surface area contributed by atoms with Gasteiger partial charge in [-0.3, -0.25) is 9.20 Å². The van der Waals surface area contributed by atoms with Crippen LogP contribution in [0.2, 0.25) is 0 Å². The van der Waals surface area contributed by atoms with Crippen molar-refractivity contribution in [2.75, 3.05) is 6.54 Å². The van der Waals surface area contributed by atoms with E-state index in [4.69, 9.17) is 0 Å². The number of pyridine rings is 1. The van der Waals surface area contributed by atoms with Gasteiger partial charge in [0.1, 0.15) is 11.3 Å². The first kappa shape index (κ1) is 15.5. The maximum Gasteiger partial charge on any atom is 0.270 e. The number of carbonyl (C=O) groups excluding carboxylic acids is 1. The third-order valence-electron chi connectivity index (χ3n) is 3.62. The molecule has 1 atom stereocenters. The van der Waals surface area contributed by atoms with Crippen molar-refractivity contribution in [3.05, 3.63) is 35.8 Å². The van der Waals surface area contributed by atoms with Gasteiger partial charge in [-0.25, -0.2) is 4.98 Å². The molecule has 0 aromatic carbocycles. The summed E-state index contributed by atoms with van der Waals surface area (Å²) in [4.78, 5) is 16.7. The van der Waals surface area contributed by atoms with Gasteiger partial charge in [0.15, 0.2) is 0 Å². The summed E-state index contributed by atoms with van der Waals surface area (Å²) in [5, 5.41) is 12.8. The molecule has 114 valence electrons. The molecule has 2 rings (SSSR count). The highest BCUT2D eigenvalue weighted by atomic mass is 16.3. The average molecular weight is 289 g/mol. The van der Waals surface area contributed by atoms with E-state index >= 15 is 0 Å². The van der Waals surface area contributed by atoms with Gasteiger partial charge >= 0.3 is 0 Å². The number of aliphatic hydroxyl groups is 1. The van der Waals surface area contributed by atoms with E-state index in [1.165, 1.54) is 0 Å². The van der Waals surface area contributed by atoms with Gasteiger partial charge in [-0.15, -0.1) is 0 Å². The van der Waals surface area contributed by atoms with E-state index in [0.29, 0.717) is 24.4 Å². The largest absolute Gasteiger partial charge is 0.393 e. The zero-order valence-corrected chi connectivity index (χ0v) is 13.1. The summed E-state index contributed by atoms with van der Waals surface area (Å²) in [6.07, 6.45) is 1.92. The minimum atomic E-state index is -0.443. The molecule has 2 N–H and O–H groups in total. The van der Waals surface area contributed by atoms with Crippen LogP contribution in [0.5, 0.6) is 0 Å². The van der Waals surface area contributed by atoms with E-state index in [0.717, 1.165) is 5.65 Å². The average Bonchev–Trinajstić information content (AvgIpc) is 2.73. The molecule has 2 aromatic rings. The Kier molecular flexibility index (Phi) is 4.32. The van der Waals surface area contributed by atoms with Crippen molar-refractivity contribution in [3.63, 3.8) is 0 Å². The highest BCUT2D eigenvalue weighted by molar-refractivity contribution is 5.94. The number of nitrogens with one attached hydrogen (secondary N) is 1. The minimum Gasteiger partial charge on any atom is -0.393 e. The Morgan fingerprint density at radius 3 is 2.81 bits per heavy atom. The summed E-state index contributed by atoms with van der Waals surface area (Å²) in [6.45, 7) is 8.21. The van der Waals surface area contributed by atoms with Gasteiger partial charge < -0.3 is 10.4 Å². The van der Waals surface area contributed by atoms with Crippen molar-refractivity contribution in [2.24, 2.45) is 5.41 Å². The Morgan fingerprint density at radius 1 is 1.43 bits per heavy atom. The first-order valence-electron chi connectivity index (χ1n) is 7.20. The number of aryl methyl sites for hydroxylation is 1. The lowest BCUT2D eigenvalue weighted by molar-refractivity contribution is 0.0550. The van der Waals surface area contributed by atoms with E-state index in [2.05, 4.69) is 10.3 Å². The Morgan fingerprint density at radius 2 is 2.14 bits per heavy atom. The number of imidazole rings is 1. The van der Waals surface area contributed by atoms with E-state index in [-0.39, 0.29) is 11.3 Å². The molecule has 2 aromatic heterocycles. The molecule has 0 aliphatic carbocycles. The Bertz CT molecular complexity index is 640. The zero-order chi connectivity index (χ0) is 15.6. The van der Waals surface area contributed by atoms with Crippen LogP contribution in [-0.4, -0.2) is 33.0 Å². The summed E-state index contributed by atoms with van der Waals surface area (Å²) in [5.41, 5.74) is 1.84. The van der Waals surface area contributed by atoms with Crippen molar-refractivity contribution in [3.8, 4) is 0 Å². The maximum atomic E-state index is 12.3. The molecule has 0 fully saturated rings. The Hall–Kier alpha value is -1.88. The van der Waals surface area contributed by atoms with Crippen LogP contribution in [0.3, 0.4) is 0 Å². The second-order valence-corrected chi connectivity index (χ2v) is 6.40. The Labute approximate surface area is 125 Å². The summed E-state index contributed by atoms with van der Waals surface area (Å²) in [7, 11) is 0. The van der Waals surface area contributed by atoms with Crippen molar-refractivity contribution >= 4 is 11.6 Å². The van der Waals surface area contributed by atoms with Gasteiger partial charge in [0.05, 0.1) is 11.8 Å². The lowest BCUT2D eigenvalue weighted by atomic mass is 9.87. The number of aromatic nitrogens is 2. The number of nitrogens with zero attached hydrogens (tertiary/aromatic N) is 2. The topological polar surface area (TPSA) is 66.6 Å². The van der Waals surface area contributed by atoms with Crippen LogP contribution in [0.1, 0.15) is 43.4 Å².